The molecule has 2 aliphatic rings. The summed E-state index contributed by atoms with van der Waals surface area (Å²) in [6.07, 6.45) is 2.67. The highest BCUT2D eigenvalue weighted by Crippen LogP contribution is 2.27. The van der Waals surface area contributed by atoms with Crippen LogP contribution in [0, 0.1) is 0 Å². The molecule has 0 aromatic rings. The van der Waals surface area contributed by atoms with Gasteiger partial charge in [-0.15, -0.1) is 0 Å². The van der Waals surface area contributed by atoms with Gasteiger partial charge in [-0.2, -0.15) is 23.5 Å². The predicted molar refractivity (Wildman–Crippen MR) is 81.3 cm³/mol. The third kappa shape index (κ3) is 4.34. The molecule has 100 valence electrons. The van der Waals surface area contributed by atoms with Gasteiger partial charge in [-0.3, -0.25) is 4.90 Å². The molecule has 3 atom stereocenters. The predicted octanol–water partition coefficient (Wildman–Crippen LogP) is 2.30. The van der Waals surface area contributed by atoms with E-state index in [0.29, 0.717) is 0 Å². The zero-order valence-corrected chi connectivity index (χ0v) is 12.8. The highest BCUT2D eigenvalue weighted by atomic mass is 32.2. The second-order valence-corrected chi connectivity index (χ2v) is 7.75. The summed E-state index contributed by atoms with van der Waals surface area (Å²) in [5, 5.41) is 4.48. The van der Waals surface area contributed by atoms with Gasteiger partial charge in [0.05, 0.1) is 0 Å². The van der Waals surface area contributed by atoms with Gasteiger partial charge in [0.2, 0.25) is 0 Å². The standard InChI is InChI=1S/C13H26N2S2/c1-3-14-12-4-5-15(11(2)8-12)9-13-10-16-6-7-17-13/h11-14H,3-10H2,1-2H3. The van der Waals surface area contributed by atoms with E-state index >= 15 is 0 Å². The maximum atomic E-state index is 3.60. The van der Waals surface area contributed by atoms with Crippen LogP contribution in [-0.2, 0) is 0 Å². The molecule has 1 N–H and O–H groups in total. The quantitative estimate of drug-likeness (QED) is 0.846. The van der Waals surface area contributed by atoms with Crippen LogP contribution >= 0.6 is 23.5 Å². The number of hydrogen-bond acceptors (Lipinski definition) is 4. The van der Waals surface area contributed by atoms with Crippen molar-refractivity contribution in [2.45, 2.75) is 44.0 Å². The molecule has 2 fully saturated rings. The molecule has 2 saturated heterocycles. The van der Waals surface area contributed by atoms with E-state index in [0.717, 1.165) is 23.9 Å². The number of rotatable bonds is 4. The molecule has 0 aromatic heterocycles. The summed E-state index contributed by atoms with van der Waals surface area (Å²) in [4.78, 5) is 2.72. The summed E-state index contributed by atoms with van der Waals surface area (Å²) in [6.45, 7) is 8.35. The normalized spacial score (nSPS) is 36.0. The van der Waals surface area contributed by atoms with Gasteiger partial charge >= 0.3 is 0 Å². The molecule has 4 heteroatoms. The number of nitrogens with zero attached hydrogens (tertiary/aromatic N) is 1. The largest absolute Gasteiger partial charge is 0.314 e. The molecule has 0 saturated carbocycles. The van der Waals surface area contributed by atoms with Crippen molar-refractivity contribution in [3.8, 4) is 0 Å². The maximum absolute atomic E-state index is 3.60. The molecule has 0 amide bonds. The molecule has 0 spiro atoms. The van der Waals surface area contributed by atoms with Gasteiger partial charge in [0.25, 0.3) is 0 Å². The minimum atomic E-state index is 0.764. The van der Waals surface area contributed by atoms with Crippen LogP contribution in [0.1, 0.15) is 26.7 Å². The summed E-state index contributed by atoms with van der Waals surface area (Å²) >= 11 is 4.33. The lowest BCUT2D eigenvalue weighted by atomic mass is 9.98. The van der Waals surface area contributed by atoms with Gasteiger partial charge in [0.15, 0.2) is 0 Å². The van der Waals surface area contributed by atoms with E-state index in [1.165, 1.54) is 43.2 Å². The van der Waals surface area contributed by atoms with Crippen LogP contribution in [0.2, 0.25) is 0 Å². The number of likely N-dealkylation sites (tertiary alicyclic amines) is 1. The summed E-state index contributed by atoms with van der Waals surface area (Å²) in [6, 6.07) is 1.53. The first-order chi connectivity index (χ1) is 8.29. The van der Waals surface area contributed by atoms with Crippen LogP contribution < -0.4 is 5.32 Å². The lowest BCUT2D eigenvalue weighted by Gasteiger charge is -2.40. The SMILES string of the molecule is CCNC1CCN(CC2CSCCS2)C(C)C1. The molecule has 0 radical (unpaired) electrons. The molecule has 2 aliphatic heterocycles. The minimum Gasteiger partial charge on any atom is -0.314 e. The first-order valence-corrected chi connectivity index (χ1v) is 9.16. The number of nitrogens with one attached hydrogen (secondary N) is 1. The second kappa shape index (κ2) is 7.27. The molecule has 0 aliphatic carbocycles. The van der Waals surface area contributed by atoms with Crippen LogP contribution in [0.3, 0.4) is 0 Å². The van der Waals surface area contributed by atoms with Crippen molar-refractivity contribution in [1.82, 2.24) is 10.2 Å². The maximum Gasteiger partial charge on any atom is 0.0265 e. The van der Waals surface area contributed by atoms with Crippen molar-refractivity contribution in [2.24, 2.45) is 0 Å². The third-order valence-electron chi connectivity index (χ3n) is 3.83. The van der Waals surface area contributed by atoms with E-state index in [4.69, 9.17) is 0 Å². The first kappa shape index (κ1) is 14.0. The zero-order valence-electron chi connectivity index (χ0n) is 11.2. The van der Waals surface area contributed by atoms with Crippen LogP contribution in [0.15, 0.2) is 0 Å². The molecular weight excluding hydrogens is 248 g/mol. The Labute approximate surface area is 115 Å². The first-order valence-electron chi connectivity index (χ1n) is 6.96. The molecule has 0 bridgehead atoms. The van der Waals surface area contributed by atoms with Crippen LogP contribution in [0.5, 0.6) is 0 Å². The van der Waals surface area contributed by atoms with Crippen LogP contribution in [0.25, 0.3) is 0 Å². The fraction of sp³-hybridized carbons (Fsp3) is 1.00. The Morgan fingerprint density at radius 3 is 2.88 bits per heavy atom. The fourth-order valence-corrected chi connectivity index (χ4v) is 5.56. The fourth-order valence-electron chi connectivity index (χ4n) is 2.87. The lowest BCUT2D eigenvalue weighted by Crippen LogP contribution is -2.49. The van der Waals surface area contributed by atoms with E-state index in [9.17, 15) is 0 Å². The average molecular weight is 274 g/mol. The van der Waals surface area contributed by atoms with Gasteiger partial charge < -0.3 is 5.32 Å². The second-order valence-electron chi connectivity index (χ2n) is 5.19. The Morgan fingerprint density at radius 2 is 2.24 bits per heavy atom. The molecule has 17 heavy (non-hydrogen) atoms. The van der Waals surface area contributed by atoms with Gasteiger partial charge in [-0.25, -0.2) is 0 Å². The highest BCUT2D eigenvalue weighted by molar-refractivity contribution is 8.06. The van der Waals surface area contributed by atoms with Crippen molar-refractivity contribution < 1.29 is 0 Å². The van der Waals surface area contributed by atoms with Crippen molar-refractivity contribution >= 4 is 23.5 Å². The van der Waals surface area contributed by atoms with Crippen molar-refractivity contribution in [3.05, 3.63) is 0 Å². The molecular formula is C13H26N2S2. The molecule has 2 nitrogen and oxygen atoms in total. The molecule has 2 rings (SSSR count). The lowest BCUT2D eigenvalue weighted by molar-refractivity contribution is 0.139. The smallest absolute Gasteiger partial charge is 0.0265 e. The van der Waals surface area contributed by atoms with Gasteiger partial charge in [0, 0.05) is 41.1 Å². The van der Waals surface area contributed by atoms with E-state index in [2.05, 4.69) is 47.6 Å². The van der Waals surface area contributed by atoms with Crippen LogP contribution in [-0.4, -0.2) is 59.1 Å². The number of thioether (sulfide) groups is 2. The van der Waals surface area contributed by atoms with Crippen LogP contribution in [0.4, 0.5) is 0 Å². The van der Waals surface area contributed by atoms with Gasteiger partial charge in [0.1, 0.15) is 0 Å². The Bertz CT molecular complexity index is 219. The Morgan fingerprint density at radius 1 is 1.35 bits per heavy atom. The topological polar surface area (TPSA) is 15.3 Å². The van der Waals surface area contributed by atoms with Gasteiger partial charge in [-0.05, 0) is 32.9 Å². The highest BCUT2D eigenvalue weighted by Gasteiger charge is 2.27. The van der Waals surface area contributed by atoms with Crippen molar-refractivity contribution in [3.63, 3.8) is 0 Å². The molecule has 3 unspecified atom stereocenters. The Kier molecular flexibility index (Phi) is 6.00. The minimum absolute atomic E-state index is 0.764. The molecule has 2 heterocycles. The monoisotopic (exact) mass is 274 g/mol. The van der Waals surface area contributed by atoms with E-state index in [-0.39, 0.29) is 0 Å². The van der Waals surface area contributed by atoms with E-state index < -0.39 is 0 Å². The third-order valence-corrected chi connectivity index (χ3v) is 6.66. The zero-order chi connectivity index (χ0) is 12.1. The number of piperidine rings is 1. The van der Waals surface area contributed by atoms with Crippen molar-refractivity contribution in [2.75, 3.05) is 36.9 Å². The average Bonchev–Trinajstić information content (AvgIpc) is 2.34. The van der Waals surface area contributed by atoms with E-state index in [1.54, 1.807) is 0 Å². The summed E-state index contributed by atoms with van der Waals surface area (Å²) in [5.41, 5.74) is 0. The summed E-state index contributed by atoms with van der Waals surface area (Å²) in [5.74, 6) is 4.08. The van der Waals surface area contributed by atoms with Crippen molar-refractivity contribution in [1.29, 1.82) is 0 Å². The Hall–Kier alpha value is 0.620. The van der Waals surface area contributed by atoms with E-state index in [1.807, 2.05) is 0 Å². The Balaban J connectivity index is 1.74. The summed E-state index contributed by atoms with van der Waals surface area (Å²) in [7, 11) is 0. The van der Waals surface area contributed by atoms with Gasteiger partial charge in [-0.1, -0.05) is 6.92 Å². The number of hydrogen-bond donors (Lipinski definition) is 1. The summed E-state index contributed by atoms with van der Waals surface area (Å²) < 4.78 is 0. The molecule has 0 aromatic carbocycles.